The van der Waals surface area contributed by atoms with Crippen molar-refractivity contribution in [3.8, 4) is 5.75 Å². The Labute approximate surface area is 188 Å². The average molecular weight is 466 g/mol. The molecule has 1 aliphatic rings. The molecule has 0 radical (unpaired) electrons. The van der Waals surface area contributed by atoms with Gasteiger partial charge in [-0.05, 0) is 48.1 Å². The van der Waals surface area contributed by atoms with Crippen LogP contribution in [0.15, 0.2) is 42.6 Å². The minimum Gasteiger partial charge on any atom is -0.489 e. The van der Waals surface area contributed by atoms with Crippen LogP contribution in [-0.2, 0) is 24.1 Å². The zero-order valence-corrected chi connectivity index (χ0v) is 18.0. The number of halogens is 4. The van der Waals surface area contributed by atoms with Gasteiger partial charge < -0.3 is 14.4 Å². The van der Waals surface area contributed by atoms with E-state index in [-0.39, 0.29) is 25.5 Å². The van der Waals surface area contributed by atoms with Gasteiger partial charge in [0.15, 0.2) is 0 Å². The highest BCUT2D eigenvalue weighted by Gasteiger charge is 2.36. The fourth-order valence-corrected chi connectivity index (χ4v) is 4.78. The molecule has 4 rings (SSSR count). The fraction of sp³-hybridized carbons (Fsp3) is 0.375. The van der Waals surface area contributed by atoms with Gasteiger partial charge in [0.25, 0.3) is 0 Å². The molecule has 1 heterocycles. The molecule has 32 heavy (non-hydrogen) atoms. The van der Waals surface area contributed by atoms with Gasteiger partial charge >= 0.3 is 12.1 Å². The summed E-state index contributed by atoms with van der Waals surface area (Å²) in [7, 11) is 0. The van der Waals surface area contributed by atoms with E-state index in [0.717, 1.165) is 31.1 Å². The number of carboxylic acid groups (broad SMARTS) is 1. The standard InChI is InChI=1S/C24H23ClF3NO3/c25-21-13-18(12-17-7-9-29(23(17)21)10-8-22(30)31)32-14-15-5-6-19(16-3-1-2-4-16)20(11-15)24(26,27)28/h5-7,9,11-13,16H,1-4,8,10,14H2,(H,30,31). The Morgan fingerprint density at radius 2 is 1.91 bits per heavy atom. The highest BCUT2D eigenvalue weighted by Crippen LogP contribution is 2.42. The lowest BCUT2D eigenvalue weighted by Gasteiger charge is -2.19. The van der Waals surface area contributed by atoms with Crippen molar-refractivity contribution in [3.63, 3.8) is 0 Å². The van der Waals surface area contributed by atoms with Crippen molar-refractivity contribution < 1.29 is 27.8 Å². The first kappa shape index (κ1) is 22.5. The Balaban J connectivity index is 1.53. The molecule has 0 aliphatic heterocycles. The van der Waals surface area contributed by atoms with Crippen molar-refractivity contribution in [3.05, 3.63) is 64.3 Å². The van der Waals surface area contributed by atoms with Crippen molar-refractivity contribution in [2.45, 2.75) is 57.3 Å². The zero-order chi connectivity index (χ0) is 22.9. The van der Waals surface area contributed by atoms with Crippen molar-refractivity contribution >= 4 is 28.5 Å². The Morgan fingerprint density at radius 3 is 2.59 bits per heavy atom. The number of aromatic nitrogens is 1. The summed E-state index contributed by atoms with van der Waals surface area (Å²) in [5.74, 6) is -0.500. The van der Waals surface area contributed by atoms with Gasteiger partial charge in [-0.15, -0.1) is 0 Å². The normalized spacial score (nSPS) is 14.9. The van der Waals surface area contributed by atoms with E-state index in [9.17, 15) is 18.0 Å². The molecule has 0 unspecified atom stereocenters. The summed E-state index contributed by atoms with van der Waals surface area (Å²) in [6.45, 7) is 0.266. The molecule has 1 aliphatic carbocycles. The van der Waals surface area contributed by atoms with Crippen LogP contribution >= 0.6 is 11.6 Å². The van der Waals surface area contributed by atoms with Crippen LogP contribution in [0.25, 0.3) is 10.9 Å². The number of hydrogen-bond donors (Lipinski definition) is 1. The first-order valence-corrected chi connectivity index (χ1v) is 10.9. The topological polar surface area (TPSA) is 51.5 Å². The van der Waals surface area contributed by atoms with E-state index in [1.807, 2.05) is 0 Å². The molecule has 1 saturated carbocycles. The van der Waals surface area contributed by atoms with Crippen LogP contribution in [0, 0.1) is 0 Å². The smallest absolute Gasteiger partial charge is 0.416 e. The van der Waals surface area contributed by atoms with Crippen LogP contribution in [0.1, 0.15) is 54.7 Å². The van der Waals surface area contributed by atoms with Crippen LogP contribution < -0.4 is 4.74 Å². The Bertz CT molecular complexity index is 1130. The largest absolute Gasteiger partial charge is 0.489 e. The van der Waals surface area contributed by atoms with Gasteiger partial charge in [0, 0.05) is 24.2 Å². The number of fused-ring (bicyclic) bond motifs is 1. The number of hydrogen-bond acceptors (Lipinski definition) is 2. The number of ether oxygens (including phenoxy) is 1. The molecule has 3 aromatic rings. The van der Waals surface area contributed by atoms with Crippen LogP contribution in [-0.4, -0.2) is 15.6 Å². The van der Waals surface area contributed by atoms with Crippen LogP contribution in [0.4, 0.5) is 13.2 Å². The highest BCUT2D eigenvalue weighted by molar-refractivity contribution is 6.35. The van der Waals surface area contributed by atoms with Crippen LogP contribution in [0.2, 0.25) is 5.02 Å². The minimum atomic E-state index is -4.41. The first-order chi connectivity index (χ1) is 15.2. The van der Waals surface area contributed by atoms with E-state index in [2.05, 4.69) is 0 Å². The van der Waals surface area contributed by atoms with E-state index in [0.29, 0.717) is 27.4 Å². The summed E-state index contributed by atoms with van der Waals surface area (Å²) in [6, 6.07) is 9.63. The minimum absolute atomic E-state index is 0.0183. The molecule has 0 spiro atoms. The van der Waals surface area contributed by atoms with E-state index in [1.165, 1.54) is 6.07 Å². The third-order valence-corrected chi connectivity index (χ3v) is 6.27. The number of benzene rings is 2. The summed E-state index contributed by atoms with van der Waals surface area (Å²) < 4.78 is 48.6. The molecule has 1 aromatic heterocycles. The first-order valence-electron chi connectivity index (χ1n) is 10.6. The van der Waals surface area contributed by atoms with Gasteiger partial charge in [-0.25, -0.2) is 0 Å². The van der Waals surface area contributed by atoms with Gasteiger partial charge in [0.1, 0.15) is 12.4 Å². The van der Waals surface area contributed by atoms with Crippen molar-refractivity contribution in [1.29, 1.82) is 0 Å². The maximum absolute atomic E-state index is 13.7. The molecule has 1 N–H and O–H groups in total. The number of aryl methyl sites for hydroxylation is 1. The molecule has 0 amide bonds. The number of carboxylic acids is 1. The lowest BCUT2D eigenvalue weighted by Crippen LogP contribution is -2.12. The molecule has 170 valence electrons. The summed E-state index contributed by atoms with van der Waals surface area (Å²) >= 11 is 6.39. The number of carbonyl (C=O) groups is 1. The SMILES string of the molecule is O=C(O)CCn1ccc2cc(OCc3ccc(C4CCCC4)c(C(F)(F)F)c3)cc(Cl)c21. The maximum Gasteiger partial charge on any atom is 0.416 e. The maximum atomic E-state index is 13.7. The highest BCUT2D eigenvalue weighted by atomic mass is 35.5. The summed E-state index contributed by atoms with van der Waals surface area (Å²) in [5, 5.41) is 10.0. The number of nitrogens with zero attached hydrogens (tertiary/aromatic N) is 1. The van der Waals surface area contributed by atoms with Crippen LogP contribution in [0.3, 0.4) is 0 Å². The van der Waals surface area contributed by atoms with Gasteiger partial charge in [-0.1, -0.05) is 36.6 Å². The van der Waals surface area contributed by atoms with Crippen molar-refractivity contribution in [2.75, 3.05) is 0 Å². The molecule has 0 bridgehead atoms. The molecule has 2 aromatic carbocycles. The van der Waals surface area contributed by atoms with Gasteiger partial charge in [0.2, 0.25) is 0 Å². The lowest BCUT2D eigenvalue weighted by molar-refractivity contribution is -0.139. The Morgan fingerprint density at radius 1 is 1.16 bits per heavy atom. The predicted octanol–water partition coefficient (Wildman–Crippen LogP) is 7.02. The van der Waals surface area contributed by atoms with Crippen molar-refractivity contribution in [1.82, 2.24) is 4.57 Å². The predicted molar refractivity (Wildman–Crippen MR) is 116 cm³/mol. The number of aliphatic carboxylic acids is 1. The van der Waals surface area contributed by atoms with E-state index in [1.54, 1.807) is 41.1 Å². The summed E-state index contributed by atoms with van der Waals surface area (Å²) in [5.41, 5.74) is 0.940. The monoisotopic (exact) mass is 465 g/mol. The molecular weight excluding hydrogens is 443 g/mol. The molecule has 4 nitrogen and oxygen atoms in total. The Hall–Kier alpha value is -2.67. The van der Waals surface area contributed by atoms with Gasteiger partial charge in [0.05, 0.1) is 22.5 Å². The second kappa shape index (κ2) is 9.06. The fourth-order valence-electron chi connectivity index (χ4n) is 4.45. The van der Waals surface area contributed by atoms with Crippen molar-refractivity contribution in [2.24, 2.45) is 0 Å². The molecule has 8 heteroatoms. The Kier molecular flexibility index (Phi) is 6.38. The van der Waals surface area contributed by atoms with E-state index < -0.39 is 17.7 Å². The quantitative estimate of drug-likeness (QED) is 0.407. The zero-order valence-electron chi connectivity index (χ0n) is 17.3. The van der Waals surface area contributed by atoms with E-state index >= 15 is 0 Å². The third kappa shape index (κ3) is 4.88. The second-order valence-electron chi connectivity index (χ2n) is 8.19. The molecule has 1 fully saturated rings. The molecule has 0 atom stereocenters. The van der Waals surface area contributed by atoms with E-state index in [4.69, 9.17) is 21.4 Å². The lowest BCUT2D eigenvalue weighted by atomic mass is 9.91. The summed E-state index contributed by atoms with van der Waals surface area (Å²) in [4.78, 5) is 10.8. The number of alkyl halides is 3. The van der Waals surface area contributed by atoms with Gasteiger partial charge in [-0.2, -0.15) is 13.2 Å². The van der Waals surface area contributed by atoms with Gasteiger partial charge in [-0.3, -0.25) is 4.79 Å². The molecule has 0 saturated heterocycles. The second-order valence-corrected chi connectivity index (χ2v) is 8.59. The average Bonchev–Trinajstić information content (AvgIpc) is 3.40. The summed E-state index contributed by atoms with van der Waals surface area (Å²) in [6.07, 6.45) is 0.835. The number of rotatable bonds is 7. The third-order valence-electron chi connectivity index (χ3n) is 5.98. The van der Waals surface area contributed by atoms with Crippen LogP contribution in [0.5, 0.6) is 5.75 Å². The molecular formula is C24H23ClF3NO3.